The molecule has 0 bridgehead atoms. The highest BCUT2D eigenvalue weighted by Gasteiger charge is 2.28. The van der Waals surface area contributed by atoms with E-state index < -0.39 is 15.9 Å². The summed E-state index contributed by atoms with van der Waals surface area (Å²) in [6, 6.07) is 20.4. The number of para-hydroxylation sites is 1. The number of piperidine rings is 1. The number of nitrogens with zero attached hydrogens (tertiary/aromatic N) is 1. The average Bonchev–Trinajstić information content (AvgIpc) is 2.92. The van der Waals surface area contributed by atoms with Gasteiger partial charge in [0.2, 0.25) is 10.0 Å². The van der Waals surface area contributed by atoms with Crippen LogP contribution in [0.5, 0.6) is 5.75 Å². The van der Waals surface area contributed by atoms with E-state index in [0.29, 0.717) is 25.3 Å². The first-order valence-electron chi connectivity index (χ1n) is 11.8. The third-order valence-corrected chi connectivity index (χ3v) is 7.98. The van der Waals surface area contributed by atoms with E-state index in [2.05, 4.69) is 10.6 Å². The predicted molar refractivity (Wildman–Crippen MR) is 138 cm³/mol. The Kier molecular flexibility index (Phi) is 8.02. The smallest absolute Gasteiger partial charge is 0.259 e. The molecule has 1 heterocycles. The second-order valence-corrected chi connectivity index (χ2v) is 10.4. The van der Waals surface area contributed by atoms with Gasteiger partial charge in [-0.1, -0.05) is 48.9 Å². The Balaban J connectivity index is 1.56. The summed E-state index contributed by atoms with van der Waals surface area (Å²) >= 11 is 0. The maximum absolute atomic E-state index is 13.3. The number of rotatable bonds is 8. The highest BCUT2D eigenvalue weighted by atomic mass is 32.2. The summed E-state index contributed by atoms with van der Waals surface area (Å²) in [6.45, 7) is 1.26. The number of carbonyl (C=O) groups excluding carboxylic acids is 2. The van der Waals surface area contributed by atoms with Gasteiger partial charge in [0.25, 0.3) is 11.8 Å². The van der Waals surface area contributed by atoms with Crippen molar-refractivity contribution in [2.45, 2.75) is 30.7 Å². The van der Waals surface area contributed by atoms with Gasteiger partial charge in [-0.15, -0.1) is 0 Å². The van der Waals surface area contributed by atoms with Crippen molar-refractivity contribution < 1.29 is 22.7 Å². The third kappa shape index (κ3) is 5.75. The molecule has 0 spiro atoms. The van der Waals surface area contributed by atoms with E-state index in [0.717, 1.165) is 24.8 Å². The zero-order valence-corrected chi connectivity index (χ0v) is 20.9. The van der Waals surface area contributed by atoms with E-state index >= 15 is 0 Å². The number of amides is 2. The summed E-state index contributed by atoms with van der Waals surface area (Å²) in [6.07, 6.45) is 2.62. The van der Waals surface area contributed by atoms with Crippen LogP contribution in [0.2, 0.25) is 0 Å². The van der Waals surface area contributed by atoms with Crippen molar-refractivity contribution in [2.75, 3.05) is 25.5 Å². The molecule has 2 amide bonds. The van der Waals surface area contributed by atoms with Gasteiger partial charge in [-0.05, 0) is 48.7 Å². The summed E-state index contributed by atoms with van der Waals surface area (Å²) < 4.78 is 33.1. The van der Waals surface area contributed by atoms with E-state index in [9.17, 15) is 18.0 Å². The van der Waals surface area contributed by atoms with Crippen molar-refractivity contribution in [3.05, 3.63) is 89.5 Å². The molecule has 0 unspecified atom stereocenters. The summed E-state index contributed by atoms with van der Waals surface area (Å²) in [5, 5.41) is 5.61. The van der Waals surface area contributed by atoms with Gasteiger partial charge < -0.3 is 15.4 Å². The SMILES string of the molecule is COc1ccc(S(=O)(=O)N2CCCCC2)cc1C(=O)Nc1ccccc1C(=O)NCc1ccccc1. The largest absolute Gasteiger partial charge is 0.496 e. The first-order chi connectivity index (χ1) is 17.4. The van der Waals surface area contributed by atoms with Crippen molar-refractivity contribution in [1.82, 2.24) is 9.62 Å². The number of benzene rings is 3. The number of sulfonamides is 1. The molecule has 4 rings (SSSR count). The molecule has 1 aliphatic rings. The molecule has 1 fully saturated rings. The molecule has 0 saturated carbocycles. The monoisotopic (exact) mass is 507 g/mol. The Labute approximate surface area is 211 Å². The Morgan fingerprint density at radius 2 is 1.56 bits per heavy atom. The standard InChI is InChI=1S/C27H29N3O5S/c1-35-25-15-14-21(36(33,34)30-16-8-3-9-17-30)18-23(25)27(32)29-24-13-7-6-12-22(24)26(31)28-19-20-10-4-2-5-11-20/h2,4-7,10-15,18H,3,8-9,16-17,19H2,1H3,(H,28,31)(H,29,32). The fraction of sp³-hybridized carbons (Fsp3) is 0.259. The Morgan fingerprint density at radius 1 is 0.861 bits per heavy atom. The van der Waals surface area contributed by atoms with Crippen LogP contribution in [0, 0.1) is 0 Å². The summed E-state index contributed by atoms with van der Waals surface area (Å²) in [5.41, 5.74) is 1.61. The number of anilines is 1. The van der Waals surface area contributed by atoms with Gasteiger partial charge >= 0.3 is 0 Å². The lowest BCUT2D eigenvalue weighted by molar-refractivity contribution is 0.0951. The van der Waals surface area contributed by atoms with Crippen LogP contribution in [-0.2, 0) is 16.6 Å². The Morgan fingerprint density at radius 3 is 2.28 bits per heavy atom. The Hall–Kier alpha value is -3.69. The molecular formula is C27H29N3O5S. The normalized spacial score (nSPS) is 14.1. The van der Waals surface area contributed by atoms with Crippen molar-refractivity contribution >= 4 is 27.5 Å². The van der Waals surface area contributed by atoms with Gasteiger partial charge in [-0.25, -0.2) is 8.42 Å². The highest BCUT2D eigenvalue weighted by molar-refractivity contribution is 7.89. The average molecular weight is 508 g/mol. The summed E-state index contributed by atoms with van der Waals surface area (Å²) in [7, 11) is -2.32. The maximum atomic E-state index is 13.3. The van der Waals surface area contributed by atoms with Gasteiger partial charge in [-0.3, -0.25) is 9.59 Å². The molecule has 0 radical (unpaired) electrons. The fourth-order valence-corrected chi connectivity index (χ4v) is 5.68. The maximum Gasteiger partial charge on any atom is 0.259 e. The minimum absolute atomic E-state index is 0.0317. The van der Waals surface area contributed by atoms with Gasteiger partial charge in [0, 0.05) is 19.6 Å². The number of hydrogen-bond donors (Lipinski definition) is 2. The summed E-state index contributed by atoms with van der Waals surface area (Å²) in [4.78, 5) is 26.2. The molecule has 3 aromatic carbocycles. The molecule has 36 heavy (non-hydrogen) atoms. The zero-order chi connectivity index (χ0) is 25.5. The first-order valence-corrected chi connectivity index (χ1v) is 13.2. The van der Waals surface area contributed by atoms with Crippen LogP contribution in [0.4, 0.5) is 5.69 Å². The molecule has 1 aliphatic heterocycles. The van der Waals surface area contributed by atoms with Gasteiger partial charge in [0.1, 0.15) is 5.75 Å². The fourth-order valence-electron chi connectivity index (χ4n) is 4.13. The number of nitrogens with one attached hydrogen (secondary N) is 2. The minimum Gasteiger partial charge on any atom is -0.496 e. The van der Waals surface area contributed by atoms with Crippen LogP contribution < -0.4 is 15.4 Å². The van der Waals surface area contributed by atoms with E-state index in [1.165, 1.54) is 29.6 Å². The van der Waals surface area contributed by atoms with Crippen LogP contribution in [0.25, 0.3) is 0 Å². The second kappa shape index (κ2) is 11.4. The van der Waals surface area contributed by atoms with E-state index in [1.54, 1.807) is 24.3 Å². The predicted octanol–water partition coefficient (Wildman–Crippen LogP) is 4.05. The van der Waals surface area contributed by atoms with Gasteiger partial charge in [0.05, 0.1) is 28.8 Å². The van der Waals surface area contributed by atoms with Gasteiger partial charge in [-0.2, -0.15) is 4.31 Å². The Bertz CT molecular complexity index is 1340. The quantitative estimate of drug-likeness (QED) is 0.479. The van der Waals surface area contributed by atoms with Crippen molar-refractivity contribution in [1.29, 1.82) is 0 Å². The van der Waals surface area contributed by atoms with Crippen LogP contribution in [0.3, 0.4) is 0 Å². The van der Waals surface area contributed by atoms with E-state index in [1.807, 2.05) is 30.3 Å². The lowest BCUT2D eigenvalue weighted by Crippen LogP contribution is -2.35. The van der Waals surface area contributed by atoms with Crippen molar-refractivity contribution in [2.24, 2.45) is 0 Å². The molecule has 188 valence electrons. The van der Waals surface area contributed by atoms with Crippen LogP contribution >= 0.6 is 0 Å². The van der Waals surface area contributed by atoms with Crippen LogP contribution in [-0.4, -0.2) is 44.7 Å². The number of ether oxygens (including phenoxy) is 1. The minimum atomic E-state index is -3.74. The van der Waals surface area contributed by atoms with E-state index in [-0.39, 0.29) is 27.7 Å². The van der Waals surface area contributed by atoms with E-state index in [4.69, 9.17) is 4.74 Å². The molecular weight excluding hydrogens is 478 g/mol. The second-order valence-electron chi connectivity index (χ2n) is 8.49. The first kappa shape index (κ1) is 25.4. The highest BCUT2D eigenvalue weighted by Crippen LogP contribution is 2.27. The van der Waals surface area contributed by atoms with Crippen LogP contribution in [0.1, 0.15) is 45.5 Å². The molecule has 3 aromatic rings. The van der Waals surface area contributed by atoms with Gasteiger partial charge in [0.15, 0.2) is 0 Å². The number of hydrogen-bond acceptors (Lipinski definition) is 5. The molecule has 9 heteroatoms. The zero-order valence-electron chi connectivity index (χ0n) is 20.1. The molecule has 0 aromatic heterocycles. The number of carbonyl (C=O) groups is 2. The lowest BCUT2D eigenvalue weighted by atomic mass is 10.1. The number of methoxy groups -OCH3 is 1. The summed E-state index contributed by atoms with van der Waals surface area (Å²) in [5.74, 6) is -0.690. The third-order valence-electron chi connectivity index (χ3n) is 6.08. The van der Waals surface area contributed by atoms with Crippen molar-refractivity contribution in [3.63, 3.8) is 0 Å². The molecule has 2 N–H and O–H groups in total. The molecule has 8 nitrogen and oxygen atoms in total. The molecule has 0 atom stereocenters. The lowest BCUT2D eigenvalue weighted by Gasteiger charge is -2.26. The topological polar surface area (TPSA) is 105 Å². The molecule has 0 aliphatic carbocycles. The van der Waals surface area contributed by atoms with Crippen molar-refractivity contribution in [3.8, 4) is 5.75 Å². The molecule has 1 saturated heterocycles. The van der Waals surface area contributed by atoms with Crippen LogP contribution in [0.15, 0.2) is 77.7 Å².